The number of nitrogens with zero attached hydrogens (tertiary/aromatic N) is 2. The molecule has 0 fully saturated rings. The Bertz CT molecular complexity index is 735. The molecule has 3 nitrogen and oxygen atoms in total. The van der Waals surface area contributed by atoms with Gasteiger partial charge in [-0.15, -0.1) is 18.3 Å². The topological polar surface area (TPSA) is 44.1 Å². The average Bonchev–Trinajstić information content (AvgIpc) is 2.61. The fourth-order valence-electron chi connectivity index (χ4n) is 2.08. The van der Waals surface area contributed by atoms with Crippen molar-refractivity contribution in [1.82, 2.24) is 4.90 Å². The number of carbonyl (C=O) groups is 1. The SMILES string of the molecule is C=CCN(Cc1ccc(C#N)cc1)C(=O)CSc1ccc(Cl)cc1. The van der Waals surface area contributed by atoms with Gasteiger partial charge in [0.2, 0.25) is 5.91 Å². The van der Waals surface area contributed by atoms with Crippen molar-refractivity contribution in [2.24, 2.45) is 0 Å². The molecule has 0 N–H and O–H groups in total. The van der Waals surface area contributed by atoms with E-state index in [9.17, 15) is 4.79 Å². The Balaban J connectivity index is 1.97. The van der Waals surface area contributed by atoms with Crippen LogP contribution in [0.15, 0.2) is 66.1 Å². The lowest BCUT2D eigenvalue weighted by Gasteiger charge is -2.21. The van der Waals surface area contributed by atoms with Gasteiger partial charge in [-0.25, -0.2) is 0 Å². The van der Waals surface area contributed by atoms with Crippen molar-refractivity contribution >= 4 is 29.3 Å². The van der Waals surface area contributed by atoms with Crippen molar-refractivity contribution in [1.29, 1.82) is 5.26 Å². The molecule has 0 heterocycles. The van der Waals surface area contributed by atoms with Crippen molar-refractivity contribution < 1.29 is 4.79 Å². The lowest BCUT2D eigenvalue weighted by molar-refractivity contribution is -0.128. The molecule has 0 spiro atoms. The molecule has 2 aromatic carbocycles. The normalized spacial score (nSPS) is 10.0. The third-order valence-electron chi connectivity index (χ3n) is 3.33. The number of benzene rings is 2. The summed E-state index contributed by atoms with van der Waals surface area (Å²) in [5.41, 5.74) is 1.60. The van der Waals surface area contributed by atoms with Crippen LogP contribution in [0.25, 0.3) is 0 Å². The van der Waals surface area contributed by atoms with Crippen molar-refractivity contribution in [2.45, 2.75) is 11.4 Å². The summed E-state index contributed by atoms with van der Waals surface area (Å²) in [4.78, 5) is 15.2. The third kappa shape index (κ3) is 5.45. The number of thioether (sulfide) groups is 1. The standard InChI is InChI=1S/C19H17ClN2OS/c1-2-11-22(13-16-5-3-15(12-21)4-6-16)19(23)14-24-18-9-7-17(20)8-10-18/h2-10H,1,11,13-14H2. The summed E-state index contributed by atoms with van der Waals surface area (Å²) in [6.07, 6.45) is 1.72. The summed E-state index contributed by atoms with van der Waals surface area (Å²) in [6.45, 7) is 4.71. The molecule has 0 saturated carbocycles. The van der Waals surface area contributed by atoms with Crippen molar-refractivity contribution in [3.8, 4) is 6.07 Å². The molecule has 2 aromatic rings. The van der Waals surface area contributed by atoms with Gasteiger partial charge in [0.05, 0.1) is 17.4 Å². The van der Waals surface area contributed by atoms with E-state index in [1.165, 1.54) is 11.8 Å². The van der Waals surface area contributed by atoms with Crippen LogP contribution in [0.2, 0.25) is 5.02 Å². The fourth-order valence-corrected chi connectivity index (χ4v) is 3.01. The van der Waals surface area contributed by atoms with Gasteiger partial charge in [-0.1, -0.05) is 29.8 Å². The third-order valence-corrected chi connectivity index (χ3v) is 4.58. The Morgan fingerprint density at radius 3 is 2.46 bits per heavy atom. The van der Waals surface area contributed by atoms with Gasteiger partial charge in [0.15, 0.2) is 0 Å². The Labute approximate surface area is 151 Å². The highest BCUT2D eigenvalue weighted by Gasteiger charge is 2.13. The van der Waals surface area contributed by atoms with Gasteiger partial charge >= 0.3 is 0 Å². The minimum Gasteiger partial charge on any atom is -0.334 e. The summed E-state index contributed by atoms with van der Waals surface area (Å²) in [6, 6.07) is 16.8. The zero-order chi connectivity index (χ0) is 17.4. The Morgan fingerprint density at radius 1 is 1.21 bits per heavy atom. The highest BCUT2D eigenvalue weighted by Crippen LogP contribution is 2.21. The lowest BCUT2D eigenvalue weighted by Crippen LogP contribution is -2.32. The summed E-state index contributed by atoms with van der Waals surface area (Å²) < 4.78 is 0. The Hall–Kier alpha value is -2.22. The minimum absolute atomic E-state index is 0.0409. The molecular formula is C19H17ClN2OS. The second-order valence-electron chi connectivity index (χ2n) is 5.11. The predicted molar refractivity (Wildman–Crippen MR) is 98.9 cm³/mol. The lowest BCUT2D eigenvalue weighted by atomic mass is 10.1. The minimum atomic E-state index is 0.0409. The van der Waals surface area contributed by atoms with E-state index in [2.05, 4.69) is 12.6 Å². The number of carbonyl (C=O) groups excluding carboxylic acids is 1. The molecule has 24 heavy (non-hydrogen) atoms. The number of halogens is 1. The van der Waals surface area contributed by atoms with E-state index >= 15 is 0 Å². The molecule has 1 amide bonds. The molecule has 0 aliphatic heterocycles. The number of amides is 1. The molecule has 0 radical (unpaired) electrons. The molecule has 0 aliphatic carbocycles. The summed E-state index contributed by atoms with van der Waals surface area (Å²) >= 11 is 7.34. The second kappa shape index (κ2) is 9.17. The molecule has 0 bridgehead atoms. The largest absolute Gasteiger partial charge is 0.334 e. The van der Waals surface area contributed by atoms with Gasteiger partial charge in [0, 0.05) is 23.0 Å². The van der Waals surface area contributed by atoms with Gasteiger partial charge in [0.25, 0.3) is 0 Å². The Kier molecular flexibility index (Phi) is 6.92. The number of hydrogen-bond donors (Lipinski definition) is 0. The van der Waals surface area contributed by atoms with E-state index in [0.29, 0.717) is 29.4 Å². The first kappa shape index (κ1) is 18.1. The van der Waals surface area contributed by atoms with Crippen LogP contribution < -0.4 is 0 Å². The van der Waals surface area contributed by atoms with E-state index in [-0.39, 0.29) is 5.91 Å². The Morgan fingerprint density at radius 2 is 1.88 bits per heavy atom. The van der Waals surface area contributed by atoms with Crippen molar-refractivity contribution in [3.05, 3.63) is 77.3 Å². The molecule has 0 aromatic heterocycles. The monoisotopic (exact) mass is 356 g/mol. The van der Waals surface area contributed by atoms with Crippen LogP contribution in [-0.4, -0.2) is 23.1 Å². The van der Waals surface area contributed by atoms with Crippen LogP contribution in [0.3, 0.4) is 0 Å². The molecule has 5 heteroatoms. The smallest absolute Gasteiger partial charge is 0.233 e. The summed E-state index contributed by atoms with van der Waals surface area (Å²) in [5.74, 6) is 0.394. The van der Waals surface area contributed by atoms with Crippen LogP contribution in [0.4, 0.5) is 0 Å². The predicted octanol–water partition coefficient (Wildman–Crippen LogP) is 4.52. The molecule has 0 atom stereocenters. The van der Waals surface area contributed by atoms with Crippen molar-refractivity contribution in [2.75, 3.05) is 12.3 Å². The molecular weight excluding hydrogens is 340 g/mol. The molecule has 122 valence electrons. The summed E-state index contributed by atoms with van der Waals surface area (Å²) in [5, 5.41) is 9.52. The maximum atomic E-state index is 12.5. The summed E-state index contributed by atoms with van der Waals surface area (Å²) in [7, 11) is 0. The van der Waals surface area contributed by atoms with Gasteiger partial charge in [0.1, 0.15) is 0 Å². The van der Waals surface area contributed by atoms with E-state index in [1.807, 2.05) is 36.4 Å². The van der Waals surface area contributed by atoms with E-state index in [4.69, 9.17) is 16.9 Å². The van der Waals surface area contributed by atoms with Gasteiger partial charge < -0.3 is 4.90 Å². The van der Waals surface area contributed by atoms with Crippen LogP contribution in [0, 0.1) is 11.3 Å². The maximum Gasteiger partial charge on any atom is 0.233 e. The van der Waals surface area contributed by atoms with Gasteiger partial charge in [-0.05, 0) is 42.0 Å². The van der Waals surface area contributed by atoms with Gasteiger partial charge in [-0.3, -0.25) is 4.79 Å². The first-order valence-corrected chi connectivity index (χ1v) is 8.75. The number of rotatable bonds is 7. The zero-order valence-corrected chi connectivity index (χ0v) is 14.7. The first-order valence-electron chi connectivity index (χ1n) is 7.38. The van der Waals surface area contributed by atoms with E-state index < -0.39 is 0 Å². The number of hydrogen-bond acceptors (Lipinski definition) is 3. The molecule has 0 unspecified atom stereocenters. The second-order valence-corrected chi connectivity index (χ2v) is 6.60. The van der Waals surface area contributed by atoms with Gasteiger partial charge in [-0.2, -0.15) is 5.26 Å². The number of nitriles is 1. The highest BCUT2D eigenvalue weighted by atomic mass is 35.5. The molecule has 0 saturated heterocycles. The highest BCUT2D eigenvalue weighted by molar-refractivity contribution is 8.00. The van der Waals surface area contributed by atoms with Crippen LogP contribution in [-0.2, 0) is 11.3 Å². The van der Waals surface area contributed by atoms with Crippen LogP contribution in [0.1, 0.15) is 11.1 Å². The first-order chi connectivity index (χ1) is 11.6. The van der Waals surface area contributed by atoms with E-state index in [0.717, 1.165) is 10.5 Å². The molecule has 0 aliphatic rings. The average molecular weight is 357 g/mol. The van der Waals surface area contributed by atoms with Crippen LogP contribution in [0.5, 0.6) is 0 Å². The van der Waals surface area contributed by atoms with Crippen LogP contribution >= 0.6 is 23.4 Å². The maximum absolute atomic E-state index is 12.5. The van der Waals surface area contributed by atoms with E-state index in [1.54, 1.807) is 23.1 Å². The van der Waals surface area contributed by atoms with Crippen molar-refractivity contribution in [3.63, 3.8) is 0 Å². The fraction of sp³-hybridized carbons (Fsp3) is 0.158. The quantitative estimate of drug-likeness (QED) is 0.541. The molecule has 2 rings (SSSR count). The zero-order valence-electron chi connectivity index (χ0n) is 13.1.